The molecule has 28 heavy (non-hydrogen) atoms. The van der Waals surface area contributed by atoms with Gasteiger partial charge in [0.25, 0.3) is 5.88 Å². The van der Waals surface area contributed by atoms with Gasteiger partial charge in [-0.2, -0.15) is 0 Å². The highest BCUT2D eigenvalue weighted by Gasteiger charge is 2.28. The van der Waals surface area contributed by atoms with Gasteiger partial charge in [0.2, 0.25) is 0 Å². The van der Waals surface area contributed by atoms with Crippen molar-refractivity contribution in [3.63, 3.8) is 0 Å². The van der Waals surface area contributed by atoms with Crippen molar-refractivity contribution in [1.82, 2.24) is 9.97 Å². The number of piperidine rings is 1. The third-order valence-corrected chi connectivity index (χ3v) is 4.69. The van der Waals surface area contributed by atoms with Crippen LogP contribution >= 0.6 is 0 Å². The normalized spacial score (nSPS) is 17.5. The molecule has 3 rings (SSSR count). The number of halogens is 1. The summed E-state index contributed by atoms with van der Waals surface area (Å²) in [5.74, 6) is 1.34. The lowest BCUT2D eigenvalue weighted by Crippen LogP contribution is -2.42. The monoisotopic (exact) mass is 387 g/mol. The van der Waals surface area contributed by atoms with Gasteiger partial charge in [-0.1, -0.05) is 12.1 Å². The van der Waals surface area contributed by atoms with Crippen LogP contribution in [0.15, 0.2) is 30.5 Å². The second-order valence-electron chi connectivity index (χ2n) is 8.27. The van der Waals surface area contributed by atoms with E-state index in [9.17, 15) is 4.39 Å². The van der Waals surface area contributed by atoms with Crippen LogP contribution in [0.25, 0.3) is 0 Å². The Morgan fingerprint density at radius 3 is 2.75 bits per heavy atom. The van der Waals surface area contributed by atoms with Gasteiger partial charge in [-0.15, -0.1) is 0 Å². The minimum Gasteiger partial charge on any atom is -0.490 e. The predicted octanol–water partition coefficient (Wildman–Crippen LogP) is 4.93. The summed E-state index contributed by atoms with van der Waals surface area (Å²) in [4.78, 5) is 11.5. The Labute approximate surface area is 166 Å². The molecule has 1 aliphatic heterocycles. The first-order valence-corrected chi connectivity index (χ1v) is 10.00. The molecule has 0 bridgehead atoms. The Bertz CT molecular complexity index is 792. The highest BCUT2D eigenvalue weighted by Crippen LogP contribution is 2.33. The molecule has 152 valence electrons. The minimum atomic E-state index is -0.349. The lowest BCUT2D eigenvalue weighted by Gasteiger charge is -2.37. The SMILES string of the molecule is Cc1cnc(OC(C)(C)C)c(N2CCCCC2CCOc2ccccc2F)n1. The number of benzene rings is 1. The van der Waals surface area contributed by atoms with Crippen molar-refractivity contribution >= 4 is 5.82 Å². The first-order chi connectivity index (χ1) is 13.3. The molecule has 0 N–H and O–H groups in total. The molecule has 5 nitrogen and oxygen atoms in total. The first-order valence-electron chi connectivity index (χ1n) is 10.00. The number of ether oxygens (including phenoxy) is 2. The number of aryl methyl sites for hydroxylation is 1. The summed E-state index contributed by atoms with van der Waals surface area (Å²) in [5.41, 5.74) is 0.515. The van der Waals surface area contributed by atoms with Gasteiger partial charge >= 0.3 is 0 Å². The van der Waals surface area contributed by atoms with Crippen LogP contribution in [0.5, 0.6) is 11.6 Å². The first kappa shape index (κ1) is 20.4. The fourth-order valence-corrected chi connectivity index (χ4v) is 3.45. The average Bonchev–Trinajstić information content (AvgIpc) is 2.64. The van der Waals surface area contributed by atoms with Crippen LogP contribution in [0.4, 0.5) is 10.2 Å². The Hall–Kier alpha value is -2.37. The maximum atomic E-state index is 13.8. The van der Waals surface area contributed by atoms with E-state index in [1.54, 1.807) is 24.4 Å². The molecule has 0 radical (unpaired) electrons. The predicted molar refractivity (Wildman–Crippen MR) is 109 cm³/mol. The maximum absolute atomic E-state index is 13.8. The summed E-state index contributed by atoms with van der Waals surface area (Å²) in [6.07, 6.45) is 5.85. The molecule has 1 aromatic carbocycles. The number of rotatable bonds is 6. The molecule has 1 atom stereocenters. The zero-order chi connectivity index (χ0) is 20.1. The molecule has 2 heterocycles. The van der Waals surface area contributed by atoms with E-state index in [1.807, 2.05) is 27.7 Å². The summed E-state index contributed by atoms with van der Waals surface area (Å²) >= 11 is 0. The van der Waals surface area contributed by atoms with Crippen molar-refractivity contribution in [3.05, 3.63) is 42.0 Å². The van der Waals surface area contributed by atoms with Gasteiger partial charge in [-0.3, -0.25) is 0 Å². The number of hydrogen-bond donors (Lipinski definition) is 0. The van der Waals surface area contributed by atoms with E-state index in [1.165, 1.54) is 6.07 Å². The van der Waals surface area contributed by atoms with E-state index < -0.39 is 0 Å². The lowest BCUT2D eigenvalue weighted by atomic mass is 9.99. The molecule has 1 unspecified atom stereocenters. The molecule has 1 aromatic heterocycles. The second-order valence-corrected chi connectivity index (χ2v) is 8.27. The largest absolute Gasteiger partial charge is 0.490 e. The molecule has 0 spiro atoms. The van der Waals surface area contributed by atoms with Crippen LogP contribution in [0.1, 0.15) is 52.1 Å². The van der Waals surface area contributed by atoms with Crippen molar-refractivity contribution in [1.29, 1.82) is 0 Å². The molecule has 0 aliphatic carbocycles. The van der Waals surface area contributed by atoms with Crippen LogP contribution in [0, 0.1) is 12.7 Å². The van der Waals surface area contributed by atoms with E-state index in [0.717, 1.165) is 43.7 Å². The number of anilines is 1. The third kappa shape index (κ3) is 5.33. The van der Waals surface area contributed by atoms with Crippen molar-refractivity contribution < 1.29 is 13.9 Å². The van der Waals surface area contributed by atoms with E-state index >= 15 is 0 Å². The van der Waals surface area contributed by atoms with Gasteiger partial charge in [0, 0.05) is 19.0 Å². The van der Waals surface area contributed by atoms with E-state index in [4.69, 9.17) is 14.5 Å². The van der Waals surface area contributed by atoms with Crippen molar-refractivity contribution in [3.8, 4) is 11.6 Å². The topological polar surface area (TPSA) is 47.5 Å². The van der Waals surface area contributed by atoms with Crippen molar-refractivity contribution in [2.75, 3.05) is 18.1 Å². The van der Waals surface area contributed by atoms with Crippen LogP contribution < -0.4 is 14.4 Å². The van der Waals surface area contributed by atoms with Gasteiger partial charge in [0.1, 0.15) is 5.60 Å². The minimum absolute atomic E-state index is 0.263. The van der Waals surface area contributed by atoms with Gasteiger partial charge in [0.15, 0.2) is 17.4 Å². The highest BCUT2D eigenvalue weighted by molar-refractivity contribution is 5.50. The summed E-state index contributed by atoms with van der Waals surface area (Å²) < 4.78 is 25.6. The van der Waals surface area contributed by atoms with Crippen LogP contribution in [-0.4, -0.2) is 34.8 Å². The molecule has 1 saturated heterocycles. The van der Waals surface area contributed by atoms with Gasteiger partial charge < -0.3 is 14.4 Å². The van der Waals surface area contributed by atoms with Crippen molar-refractivity contribution in [2.24, 2.45) is 0 Å². The summed E-state index contributed by atoms with van der Waals surface area (Å²) in [5, 5.41) is 0. The fraction of sp³-hybridized carbons (Fsp3) is 0.545. The molecule has 6 heteroatoms. The van der Waals surface area contributed by atoms with Crippen LogP contribution in [0.3, 0.4) is 0 Å². The zero-order valence-corrected chi connectivity index (χ0v) is 17.2. The van der Waals surface area contributed by atoms with E-state index in [2.05, 4.69) is 9.88 Å². The molecule has 0 amide bonds. The van der Waals surface area contributed by atoms with E-state index in [-0.39, 0.29) is 17.5 Å². The quantitative estimate of drug-likeness (QED) is 0.703. The van der Waals surface area contributed by atoms with E-state index in [0.29, 0.717) is 18.2 Å². The number of nitrogens with zero attached hydrogens (tertiary/aromatic N) is 3. The second kappa shape index (κ2) is 8.76. The average molecular weight is 387 g/mol. The Balaban J connectivity index is 1.74. The summed E-state index contributed by atoms with van der Waals surface area (Å²) in [7, 11) is 0. The van der Waals surface area contributed by atoms with Gasteiger partial charge in [-0.25, -0.2) is 14.4 Å². The fourth-order valence-electron chi connectivity index (χ4n) is 3.45. The highest BCUT2D eigenvalue weighted by atomic mass is 19.1. The van der Waals surface area contributed by atoms with Gasteiger partial charge in [-0.05, 0) is 59.1 Å². The smallest absolute Gasteiger partial charge is 0.258 e. The Kier molecular flexibility index (Phi) is 6.37. The molecule has 0 saturated carbocycles. The molecule has 1 fully saturated rings. The molecule has 2 aromatic rings. The zero-order valence-electron chi connectivity index (χ0n) is 17.2. The molecular weight excluding hydrogens is 357 g/mol. The van der Waals surface area contributed by atoms with Crippen LogP contribution in [0.2, 0.25) is 0 Å². The third-order valence-electron chi connectivity index (χ3n) is 4.69. The Morgan fingerprint density at radius 2 is 2.00 bits per heavy atom. The summed E-state index contributed by atoms with van der Waals surface area (Å²) in [6, 6.07) is 6.79. The number of para-hydroxylation sites is 1. The number of aromatic nitrogens is 2. The van der Waals surface area contributed by atoms with Crippen LogP contribution in [-0.2, 0) is 0 Å². The molecular formula is C22H30FN3O2. The molecule has 1 aliphatic rings. The van der Waals surface area contributed by atoms with Crippen molar-refractivity contribution in [2.45, 2.75) is 65.0 Å². The maximum Gasteiger partial charge on any atom is 0.258 e. The lowest BCUT2D eigenvalue weighted by molar-refractivity contribution is 0.123. The Morgan fingerprint density at radius 1 is 1.21 bits per heavy atom. The standard InChI is InChI=1S/C22H30FN3O2/c1-16-15-24-21(28-22(2,3)4)20(25-16)26-13-8-7-9-17(26)12-14-27-19-11-6-5-10-18(19)23/h5-6,10-11,15,17H,7-9,12-14H2,1-4H3. The number of hydrogen-bond acceptors (Lipinski definition) is 5. The summed E-state index contributed by atoms with van der Waals surface area (Å²) in [6.45, 7) is 9.33. The van der Waals surface area contributed by atoms with Gasteiger partial charge in [0.05, 0.1) is 18.5 Å².